The third-order valence-electron chi connectivity index (χ3n) is 3.18. The first kappa shape index (κ1) is 19.3. The van der Waals surface area contributed by atoms with Crippen LogP contribution in [0.2, 0.25) is 0 Å². The first-order valence-electron chi connectivity index (χ1n) is 6.93. The molecule has 1 aromatic carbocycles. The van der Waals surface area contributed by atoms with Gasteiger partial charge >= 0.3 is 5.69 Å². The zero-order chi connectivity index (χ0) is 16.8. The highest BCUT2D eigenvalue weighted by Crippen LogP contribution is 2.01. The number of aryl methyl sites for hydroxylation is 1. The number of nitrogens with one attached hydrogen (secondary N) is 3. The van der Waals surface area contributed by atoms with Crippen molar-refractivity contribution in [3.63, 3.8) is 0 Å². The van der Waals surface area contributed by atoms with E-state index in [1.165, 1.54) is 0 Å². The molecule has 128 valence electrons. The molecule has 0 aliphatic rings. The van der Waals surface area contributed by atoms with E-state index in [4.69, 9.17) is 5.73 Å². The van der Waals surface area contributed by atoms with E-state index in [0.717, 1.165) is 11.8 Å². The fourth-order valence-corrected chi connectivity index (χ4v) is 1.97. The molecule has 0 saturated carbocycles. The normalized spacial score (nSPS) is 11.8. The minimum Gasteiger partial charge on any atom is -0.320 e. The second kappa shape index (κ2) is 8.80. The lowest BCUT2D eigenvalue weighted by atomic mass is 10.1. The molecule has 1 amide bonds. The van der Waals surface area contributed by atoms with Gasteiger partial charge in [-0.1, -0.05) is 30.3 Å². The van der Waals surface area contributed by atoms with Gasteiger partial charge in [0.05, 0.1) is 17.8 Å². The minimum absolute atomic E-state index is 0. The summed E-state index contributed by atoms with van der Waals surface area (Å²) in [7, 11) is 0. The van der Waals surface area contributed by atoms with Gasteiger partial charge in [0.1, 0.15) is 0 Å². The zero-order valence-electron chi connectivity index (χ0n) is 12.9. The smallest absolute Gasteiger partial charge is 0.320 e. The van der Waals surface area contributed by atoms with Crippen LogP contribution in [0.1, 0.15) is 16.8 Å². The maximum Gasteiger partial charge on any atom is 0.325 e. The monoisotopic (exact) mass is 351 g/mol. The summed E-state index contributed by atoms with van der Waals surface area (Å²) in [5.74, 6) is -0.469. The second-order valence-electron chi connectivity index (χ2n) is 4.98. The van der Waals surface area contributed by atoms with Gasteiger partial charge in [-0.3, -0.25) is 14.6 Å². The number of halogens is 1. The average Bonchev–Trinajstić information content (AvgIpc) is 2.50. The summed E-state index contributed by atoms with van der Waals surface area (Å²) < 4.78 is 0. The van der Waals surface area contributed by atoms with Gasteiger partial charge in [0.2, 0.25) is 0 Å². The summed E-state index contributed by atoms with van der Waals surface area (Å²) in [4.78, 5) is 39.1. The number of aromatic amines is 2. The number of carbonyl (C=O) groups excluding carboxylic acids is 1. The number of nitrogens with zero attached hydrogens (tertiary/aromatic N) is 1. The van der Waals surface area contributed by atoms with Crippen molar-refractivity contribution in [1.29, 1.82) is 0 Å². The summed E-state index contributed by atoms with van der Waals surface area (Å²) in [6.07, 6.45) is 1.54. The zero-order valence-corrected chi connectivity index (χ0v) is 13.7. The molecule has 0 fully saturated rings. The van der Waals surface area contributed by atoms with Crippen LogP contribution in [-0.4, -0.2) is 28.1 Å². The molecule has 5 N–H and O–H groups in total. The van der Waals surface area contributed by atoms with Crippen LogP contribution in [0.3, 0.4) is 0 Å². The Morgan fingerprint density at radius 1 is 1.29 bits per heavy atom. The summed E-state index contributed by atoms with van der Waals surface area (Å²) in [5, 5.41) is 3.71. The summed E-state index contributed by atoms with van der Waals surface area (Å²) >= 11 is 0. The predicted molar refractivity (Wildman–Crippen MR) is 93.5 cm³/mol. The fraction of sp³-hybridized carbons (Fsp3) is 0.200. The van der Waals surface area contributed by atoms with E-state index >= 15 is 0 Å². The molecule has 2 rings (SSSR count). The molecule has 0 unspecified atom stereocenters. The van der Waals surface area contributed by atoms with Crippen molar-refractivity contribution >= 4 is 24.5 Å². The van der Waals surface area contributed by atoms with Gasteiger partial charge in [0.15, 0.2) is 0 Å². The van der Waals surface area contributed by atoms with Gasteiger partial charge in [-0.05, 0) is 18.9 Å². The Labute approximate surface area is 143 Å². The Morgan fingerprint density at radius 2 is 1.96 bits per heavy atom. The molecule has 9 heteroatoms. The highest BCUT2D eigenvalue weighted by Gasteiger charge is 2.13. The van der Waals surface area contributed by atoms with Crippen molar-refractivity contribution in [2.75, 3.05) is 0 Å². The van der Waals surface area contributed by atoms with E-state index in [9.17, 15) is 14.4 Å². The van der Waals surface area contributed by atoms with E-state index in [2.05, 4.69) is 20.5 Å². The van der Waals surface area contributed by atoms with Crippen molar-refractivity contribution in [3.05, 3.63) is 68.0 Å². The molecule has 0 bridgehead atoms. The second-order valence-corrected chi connectivity index (χ2v) is 4.98. The molecule has 0 aliphatic heterocycles. The average molecular weight is 352 g/mol. The molecule has 0 radical (unpaired) electrons. The molecule has 24 heavy (non-hydrogen) atoms. The van der Waals surface area contributed by atoms with Crippen LogP contribution in [-0.2, 0) is 11.2 Å². The van der Waals surface area contributed by atoms with Gasteiger partial charge in [-0.25, -0.2) is 10.2 Å². The molecule has 1 heterocycles. The molecule has 1 aromatic heterocycles. The van der Waals surface area contributed by atoms with Crippen LogP contribution in [0.5, 0.6) is 0 Å². The van der Waals surface area contributed by atoms with Crippen LogP contribution >= 0.6 is 12.4 Å². The van der Waals surface area contributed by atoms with Crippen molar-refractivity contribution < 1.29 is 4.79 Å². The van der Waals surface area contributed by atoms with Crippen LogP contribution in [0.25, 0.3) is 0 Å². The highest BCUT2D eigenvalue weighted by atomic mass is 35.5. The van der Waals surface area contributed by atoms with Crippen molar-refractivity contribution in [3.8, 4) is 0 Å². The van der Waals surface area contributed by atoms with E-state index in [-0.39, 0.29) is 18.0 Å². The van der Waals surface area contributed by atoms with Crippen LogP contribution in [0.15, 0.2) is 45.0 Å². The molecule has 2 aromatic rings. The summed E-state index contributed by atoms with van der Waals surface area (Å²) in [6.45, 7) is 1.56. The maximum atomic E-state index is 11.9. The number of hydrogen-bond donors (Lipinski definition) is 4. The molecule has 0 spiro atoms. The lowest BCUT2D eigenvalue weighted by Crippen LogP contribution is -2.40. The molecular weight excluding hydrogens is 334 g/mol. The quantitative estimate of drug-likeness (QED) is 0.439. The van der Waals surface area contributed by atoms with E-state index in [0.29, 0.717) is 12.1 Å². The van der Waals surface area contributed by atoms with E-state index in [1.54, 1.807) is 6.92 Å². The van der Waals surface area contributed by atoms with Crippen molar-refractivity contribution in [1.82, 2.24) is 15.4 Å². The Bertz CT molecular complexity index is 829. The molecule has 8 nitrogen and oxygen atoms in total. The molecule has 0 aliphatic carbocycles. The number of aromatic nitrogens is 2. The van der Waals surface area contributed by atoms with Crippen molar-refractivity contribution in [2.45, 2.75) is 19.4 Å². The Hall–Kier alpha value is -2.71. The van der Waals surface area contributed by atoms with Gasteiger partial charge in [-0.2, -0.15) is 5.10 Å². The number of carbonyl (C=O) groups is 1. The van der Waals surface area contributed by atoms with E-state index in [1.807, 2.05) is 30.3 Å². The third-order valence-corrected chi connectivity index (χ3v) is 3.18. The fourth-order valence-electron chi connectivity index (χ4n) is 1.97. The molecule has 1 atom stereocenters. The Balaban J connectivity index is 0.00000288. The molecule has 0 saturated heterocycles. The number of rotatable bonds is 5. The first-order chi connectivity index (χ1) is 11.0. The molecular formula is C15H18ClN5O3. The standard InChI is InChI=1S/C15H17N5O3.ClH/c1-9-11(13(21)19-15(23)18-9)8-17-20-14(22)12(16)7-10-5-3-2-4-6-10;/h2-6,8,12H,7,16H2,1H3,(H,20,22)(H2,18,19,21,23);1H/t12-;/m0./s1. The summed E-state index contributed by atoms with van der Waals surface area (Å²) in [6, 6.07) is 8.60. The van der Waals surface area contributed by atoms with Crippen LogP contribution < -0.4 is 22.4 Å². The van der Waals surface area contributed by atoms with Gasteiger partial charge in [0, 0.05) is 5.69 Å². The van der Waals surface area contributed by atoms with Crippen LogP contribution in [0, 0.1) is 6.92 Å². The van der Waals surface area contributed by atoms with Gasteiger partial charge in [0.25, 0.3) is 11.5 Å². The van der Waals surface area contributed by atoms with Crippen LogP contribution in [0.4, 0.5) is 0 Å². The SMILES string of the molecule is Cc1[nH]c(=O)[nH]c(=O)c1C=NNC(=O)[C@@H](N)Cc1ccccc1.Cl. The predicted octanol–water partition coefficient (Wildman–Crippen LogP) is -0.186. The largest absolute Gasteiger partial charge is 0.325 e. The Kier molecular flexibility index (Phi) is 7.09. The van der Waals surface area contributed by atoms with E-state index < -0.39 is 23.2 Å². The topological polar surface area (TPSA) is 133 Å². The maximum absolute atomic E-state index is 11.9. The highest BCUT2D eigenvalue weighted by molar-refractivity contribution is 5.85. The van der Waals surface area contributed by atoms with Gasteiger partial charge in [-0.15, -0.1) is 12.4 Å². The first-order valence-corrected chi connectivity index (χ1v) is 6.93. The lowest BCUT2D eigenvalue weighted by Gasteiger charge is -2.09. The number of amides is 1. The number of nitrogens with two attached hydrogens (primary N) is 1. The third kappa shape index (κ3) is 5.18. The minimum atomic E-state index is -0.760. The van der Waals surface area contributed by atoms with Gasteiger partial charge < -0.3 is 10.7 Å². The number of benzene rings is 1. The summed E-state index contributed by atoms with van der Waals surface area (Å²) in [5.41, 5.74) is 8.35. The number of hydrogen-bond acceptors (Lipinski definition) is 5. The Morgan fingerprint density at radius 3 is 2.58 bits per heavy atom. The number of H-pyrrole nitrogens is 2. The number of hydrazone groups is 1. The van der Waals surface area contributed by atoms with Crippen molar-refractivity contribution in [2.24, 2.45) is 10.8 Å². The lowest BCUT2D eigenvalue weighted by molar-refractivity contribution is -0.122.